The highest BCUT2D eigenvalue weighted by molar-refractivity contribution is 5.99. The first kappa shape index (κ1) is 20.8. The molecule has 2 aromatic rings. The number of nitrogens with two attached hydrogens (primary N) is 1. The van der Waals surface area contributed by atoms with Crippen LogP contribution < -0.4 is 11.1 Å². The van der Waals surface area contributed by atoms with E-state index in [-0.39, 0.29) is 23.1 Å². The molecule has 0 saturated heterocycles. The number of aliphatic hydroxyl groups is 1. The Morgan fingerprint density at radius 1 is 1.30 bits per heavy atom. The number of rotatable bonds is 4. The lowest BCUT2D eigenvalue weighted by Gasteiger charge is -2.30. The predicted octanol–water partition coefficient (Wildman–Crippen LogP) is 3.65. The van der Waals surface area contributed by atoms with Gasteiger partial charge in [0.2, 0.25) is 0 Å². The second-order valence-electron chi connectivity index (χ2n) is 9.63. The van der Waals surface area contributed by atoms with Gasteiger partial charge in [-0.25, -0.2) is 9.07 Å². The van der Waals surface area contributed by atoms with Crippen LogP contribution in [0.5, 0.6) is 0 Å². The van der Waals surface area contributed by atoms with E-state index in [2.05, 4.69) is 19.2 Å². The molecule has 2 aliphatic rings. The van der Waals surface area contributed by atoms with Gasteiger partial charge in [-0.3, -0.25) is 4.79 Å². The van der Waals surface area contributed by atoms with Crippen LogP contribution in [0.2, 0.25) is 0 Å². The van der Waals surface area contributed by atoms with Crippen molar-refractivity contribution in [2.45, 2.75) is 77.9 Å². The number of nitrogens with one attached hydrogen (secondary N) is 1. The van der Waals surface area contributed by atoms with Crippen molar-refractivity contribution < 1.29 is 14.3 Å². The summed E-state index contributed by atoms with van der Waals surface area (Å²) in [7, 11) is 0. The van der Waals surface area contributed by atoms with Crippen LogP contribution in [0.25, 0.3) is 5.69 Å². The Labute approximate surface area is 176 Å². The molecule has 6 nitrogen and oxygen atoms in total. The van der Waals surface area contributed by atoms with Crippen molar-refractivity contribution in [2.24, 2.45) is 11.1 Å². The Kier molecular flexibility index (Phi) is 5.34. The number of hydrogen-bond acceptors (Lipinski definition) is 4. The van der Waals surface area contributed by atoms with Crippen molar-refractivity contribution in [3.63, 3.8) is 0 Å². The maximum absolute atomic E-state index is 15.0. The van der Waals surface area contributed by atoms with Crippen LogP contribution in [-0.2, 0) is 12.8 Å². The van der Waals surface area contributed by atoms with Crippen LogP contribution in [0.3, 0.4) is 0 Å². The van der Waals surface area contributed by atoms with E-state index in [4.69, 9.17) is 10.8 Å². The molecule has 1 amide bonds. The topological polar surface area (TPSA) is 93.2 Å². The number of amides is 1. The highest BCUT2D eigenvalue weighted by atomic mass is 19.1. The van der Waals surface area contributed by atoms with E-state index in [1.54, 1.807) is 6.07 Å². The molecule has 0 atom stereocenters. The third kappa shape index (κ3) is 3.95. The molecule has 4 N–H and O–H groups in total. The number of aliphatic hydroxyl groups excluding tert-OH is 1. The first-order valence-corrected chi connectivity index (χ1v) is 10.8. The van der Waals surface area contributed by atoms with Gasteiger partial charge in [-0.2, -0.15) is 5.10 Å². The van der Waals surface area contributed by atoms with Crippen LogP contribution in [0.1, 0.15) is 73.3 Å². The van der Waals surface area contributed by atoms with Gasteiger partial charge >= 0.3 is 0 Å². The minimum absolute atomic E-state index is 0.0633. The molecule has 2 aliphatic carbocycles. The minimum Gasteiger partial charge on any atom is -0.393 e. The molecule has 1 aromatic heterocycles. The number of hydrogen-bond donors (Lipinski definition) is 3. The Morgan fingerprint density at radius 2 is 2.00 bits per heavy atom. The van der Waals surface area contributed by atoms with E-state index < -0.39 is 11.7 Å². The number of aromatic nitrogens is 2. The lowest BCUT2D eigenvalue weighted by Crippen LogP contribution is -2.30. The fourth-order valence-electron chi connectivity index (χ4n) is 4.85. The molecule has 0 unspecified atom stereocenters. The van der Waals surface area contributed by atoms with Crippen molar-refractivity contribution in [3.8, 4) is 5.69 Å². The molecule has 4 rings (SSSR count). The van der Waals surface area contributed by atoms with Crippen molar-refractivity contribution in [2.75, 3.05) is 5.32 Å². The molecule has 0 radical (unpaired) electrons. The number of primary amides is 1. The molecule has 0 bridgehead atoms. The summed E-state index contributed by atoms with van der Waals surface area (Å²) < 4.78 is 16.9. The summed E-state index contributed by atoms with van der Waals surface area (Å²) in [5.41, 5.74) is 9.85. The molecule has 1 aromatic carbocycles. The molecule has 1 saturated carbocycles. The largest absolute Gasteiger partial charge is 0.393 e. The zero-order chi connectivity index (χ0) is 21.6. The highest BCUT2D eigenvalue weighted by Gasteiger charge is 2.31. The predicted molar refractivity (Wildman–Crippen MR) is 114 cm³/mol. The summed E-state index contributed by atoms with van der Waals surface area (Å²) in [6.07, 6.45) is 5.53. The van der Waals surface area contributed by atoms with Crippen molar-refractivity contribution >= 4 is 11.6 Å². The number of fused-ring (bicyclic) bond motifs is 1. The molecule has 1 heterocycles. The number of aryl methyl sites for hydroxylation is 1. The molecule has 30 heavy (non-hydrogen) atoms. The van der Waals surface area contributed by atoms with Crippen molar-refractivity contribution in [3.05, 3.63) is 40.5 Å². The number of nitrogens with zero attached hydrogens (tertiary/aromatic N) is 2. The van der Waals surface area contributed by atoms with Crippen molar-refractivity contribution in [1.29, 1.82) is 0 Å². The smallest absolute Gasteiger partial charge is 0.253 e. The SMILES string of the molecule is Cc1nn(-c2cc(F)c(C(N)=O)c(N[C@H]3CC[C@H](O)CC3)c2)c2c1CCC(C)(C)C2. The Morgan fingerprint density at radius 3 is 2.67 bits per heavy atom. The summed E-state index contributed by atoms with van der Waals surface area (Å²) in [5, 5.41) is 17.8. The van der Waals surface area contributed by atoms with Crippen LogP contribution >= 0.6 is 0 Å². The van der Waals surface area contributed by atoms with Crippen molar-refractivity contribution in [1.82, 2.24) is 9.78 Å². The van der Waals surface area contributed by atoms with Gasteiger partial charge in [0.15, 0.2) is 0 Å². The van der Waals surface area contributed by atoms with Crippen LogP contribution in [0.15, 0.2) is 12.1 Å². The van der Waals surface area contributed by atoms with Gasteiger partial charge in [-0.1, -0.05) is 13.8 Å². The lowest BCUT2D eigenvalue weighted by molar-refractivity contribution is 0.0996. The molecule has 0 spiro atoms. The highest BCUT2D eigenvalue weighted by Crippen LogP contribution is 2.37. The number of benzene rings is 1. The molecule has 162 valence electrons. The third-order valence-electron chi connectivity index (χ3n) is 6.61. The maximum atomic E-state index is 15.0. The first-order chi connectivity index (χ1) is 14.1. The fraction of sp³-hybridized carbons (Fsp3) is 0.565. The number of anilines is 1. The maximum Gasteiger partial charge on any atom is 0.253 e. The second-order valence-corrected chi connectivity index (χ2v) is 9.63. The van der Waals surface area contributed by atoms with Crippen LogP contribution in [0.4, 0.5) is 10.1 Å². The summed E-state index contributed by atoms with van der Waals surface area (Å²) in [6.45, 7) is 6.47. The van der Waals surface area contributed by atoms with Gasteiger partial charge in [0, 0.05) is 17.8 Å². The van der Waals surface area contributed by atoms with Gasteiger partial charge < -0.3 is 16.2 Å². The van der Waals surface area contributed by atoms with Gasteiger partial charge in [0.05, 0.1) is 28.7 Å². The summed E-state index contributed by atoms with van der Waals surface area (Å²) >= 11 is 0. The normalized spacial score (nSPS) is 23.1. The standard InChI is InChI=1S/C23H31FN4O2/c1-13-17-8-9-23(2,3)12-20(17)28(27-13)15-10-18(24)21(22(25)30)19(11-15)26-14-4-6-16(29)7-5-14/h10-11,14,16,26,29H,4-9,12H2,1-3H3,(H2,25,30)/t14-,16-. The van der Waals surface area contributed by atoms with Crippen LogP contribution in [0, 0.1) is 18.2 Å². The van der Waals surface area contributed by atoms with E-state index in [1.165, 1.54) is 11.6 Å². The van der Waals surface area contributed by atoms with Gasteiger partial charge in [-0.15, -0.1) is 0 Å². The second kappa shape index (κ2) is 7.69. The Balaban J connectivity index is 1.75. The summed E-state index contributed by atoms with van der Waals surface area (Å²) in [4.78, 5) is 12.0. The fourth-order valence-corrected chi connectivity index (χ4v) is 4.85. The zero-order valence-corrected chi connectivity index (χ0v) is 18.0. The Hall–Kier alpha value is -2.41. The zero-order valence-electron chi connectivity index (χ0n) is 18.0. The number of carbonyl (C=O) groups excluding carboxylic acids is 1. The number of halogens is 1. The summed E-state index contributed by atoms with van der Waals surface area (Å²) in [6, 6.07) is 3.19. The van der Waals surface area contributed by atoms with E-state index in [9.17, 15) is 9.90 Å². The molecular weight excluding hydrogens is 383 g/mol. The quantitative estimate of drug-likeness (QED) is 0.712. The van der Waals surface area contributed by atoms with Crippen LogP contribution in [-0.4, -0.2) is 32.9 Å². The summed E-state index contributed by atoms with van der Waals surface area (Å²) in [5.74, 6) is -1.44. The third-order valence-corrected chi connectivity index (χ3v) is 6.61. The monoisotopic (exact) mass is 414 g/mol. The molecule has 7 heteroatoms. The van der Waals surface area contributed by atoms with E-state index >= 15 is 4.39 Å². The molecule has 0 aliphatic heterocycles. The van der Waals surface area contributed by atoms with Gasteiger partial charge in [0.1, 0.15) is 5.82 Å². The van der Waals surface area contributed by atoms with E-state index in [0.717, 1.165) is 43.5 Å². The van der Waals surface area contributed by atoms with Gasteiger partial charge in [-0.05, 0) is 68.9 Å². The number of carbonyl (C=O) groups is 1. The average Bonchev–Trinajstić information content (AvgIpc) is 2.97. The molecule has 1 fully saturated rings. The molecular formula is C23H31FN4O2. The van der Waals surface area contributed by atoms with Gasteiger partial charge in [0.25, 0.3) is 5.91 Å². The minimum atomic E-state index is -0.794. The average molecular weight is 415 g/mol. The van der Waals surface area contributed by atoms with E-state index in [1.807, 2.05) is 11.6 Å². The van der Waals surface area contributed by atoms with E-state index in [0.29, 0.717) is 24.2 Å². The lowest BCUT2D eigenvalue weighted by atomic mass is 9.76. The Bertz CT molecular complexity index is 974. The first-order valence-electron chi connectivity index (χ1n) is 10.8.